The number of amides is 2. The molecule has 3 aromatic rings. The van der Waals surface area contributed by atoms with Crippen LogP contribution in [0.1, 0.15) is 35.0 Å². The summed E-state index contributed by atoms with van der Waals surface area (Å²) in [7, 11) is -3.63. The number of sulfonamides is 1. The number of hydrazone groups is 1. The molecule has 37 heavy (non-hydrogen) atoms. The molecule has 2 amide bonds. The van der Waals surface area contributed by atoms with Crippen molar-refractivity contribution in [2.45, 2.75) is 24.7 Å². The number of carbonyl (C=O) groups excluding carboxylic acids is 2. The zero-order chi connectivity index (χ0) is 26.6. The quantitative estimate of drug-likeness (QED) is 0.295. The Morgan fingerprint density at radius 1 is 0.973 bits per heavy atom. The Morgan fingerprint density at radius 2 is 1.62 bits per heavy atom. The molecule has 0 bridgehead atoms. The van der Waals surface area contributed by atoms with Crippen molar-refractivity contribution < 1.29 is 18.0 Å². The van der Waals surface area contributed by atoms with Gasteiger partial charge >= 0.3 is 0 Å². The Bertz CT molecular complexity index is 1410. The Morgan fingerprint density at radius 3 is 2.22 bits per heavy atom. The van der Waals surface area contributed by atoms with Gasteiger partial charge in [-0.3, -0.25) is 9.59 Å². The molecule has 1 aliphatic heterocycles. The van der Waals surface area contributed by atoms with E-state index in [9.17, 15) is 18.0 Å². The van der Waals surface area contributed by atoms with Crippen molar-refractivity contribution in [2.75, 3.05) is 18.4 Å². The van der Waals surface area contributed by atoms with Crippen LogP contribution in [0.15, 0.2) is 70.7 Å². The van der Waals surface area contributed by atoms with Gasteiger partial charge in [-0.1, -0.05) is 35.3 Å². The molecule has 2 heterocycles. The van der Waals surface area contributed by atoms with E-state index >= 15 is 0 Å². The SMILES string of the molecule is CC(=NNC(=O)C1CCN(S(=O)(=O)c2ccc(Cl)cc2)CC1)c1ccc(NC(=O)c2ccc(Cl)s2)cc1. The minimum absolute atomic E-state index is 0.182. The maximum absolute atomic E-state index is 12.8. The number of halogens is 2. The van der Waals surface area contributed by atoms with Crippen molar-refractivity contribution in [1.29, 1.82) is 0 Å². The molecule has 2 aromatic carbocycles. The molecule has 0 unspecified atom stereocenters. The van der Waals surface area contributed by atoms with E-state index in [2.05, 4.69) is 15.8 Å². The lowest BCUT2D eigenvalue weighted by Gasteiger charge is -2.30. The Kier molecular flexibility index (Phi) is 8.66. The van der Waals surface area contributed by atoms with E-state index in [1.165, 1.54) is 27.8 Å². The molecule has 0 spiro atoms. The van der Waals surface area contributed by atoms with Crippen LogP contribution in [0.4, 0.5) is 5.69 Å². The average molecular weight is 580 g/mol. The first-order valence-electron chi connectivity index (χ1n) is 11.4. The van der Waals surface area contributed by atoms with Gasteiger partial charge in [0, 0.05) is 29.7 Å². The fraction of sp³-hybridized carbons (Fsp3) is 0.240. The van der Waals surface area contributed by atoms with Crippen molar-refractivity contribution in [1.82, 2.24) is 9.73 Å². The number of piperidine rings is 1. The molecule has 1 fully saturated rings. The molecular formula is C25H24Cl2N4O4S2. The molecule has 1 saturated heterocycles. The predicted octanol–water partition coefficient (Wildman–Crippen LogP) is 5.25. The Balaban J connectivity index is 1.29. The van der Waals surface area contributed by atoms with Crippen LogP contribution in [0.25, 0.3) is 0 Å². The number of thiophene rings is 1. The van der Waals surface area contributed by atoms with E-state index < -0.39 is 10.0 Å². The van der Waals surface area contributed by atoms with Gasteiger partial charge in [0.25, 0.3) is 5.91 Å². The van der Waals surface area contributed by atoms with Gasteiger partial charge in [0.1, 0.15) is 0 Å². The van der Waals surface area contributed by atoms with Crippen LogP contribution >= 0.6 is 34.5 Å². The summed E-state index contributed by atoms with van der Waals surface area (Å²) in [5, 5.41) is 7.48. The monoisotopic (exact) mass is 578 g/mol. The fourth-order valence-corrected chi connectivity index (χ4v) is 6.37. The lowest BCUT2D eigenvalue weighted by Crippen LogP contribution is -2.42. The zero-order valence-electron chi connectivity index (χ0n) is 19.8. The number of anilines is 1. The van der Waals surface area contributed by atoms with Crippen molar-refractivity contribution in [3.05, 3.63) is 80.5 Å². The third-order valence-corrected chi connectivity index (χ3v) is 9.36. The van der Waals surface area contributed by atoms with Gasteiger partial charge < -0.3 is 5.32 Å². The van der Waals surface area contributed by atoms with Crippen LogP contribution in [-0.2, 0) is 14.8 Å². The van der Waals surface area contributed by atoms with Crippen LogP contribution < -0.4 is 10.7 Å². The second-order valence-corrected chi connectivity index (χ2v) is 12.5. The van der Waals surface area contributed by atoms with Gasteiger partial charge in [-0.15, -0.1) is 11.3 Å². The third-order valence-electron chi connectivity index (χ3n) is 5.97. The van der Waals surface area contributed by atoms with Gasteiger partial charge in [0.05, 0.1) is 19.8 Å². The molecule has 4 rings (SSSR count). The van der Waals surface area contributed by atoms with Crippen molar-refractivity contribution in [2.24, 2.45) is 11.0 Å². The molecule has 0 aliphatic carbocycles. The van der Waals surface area contributed by atoms with E-state index in [0.717, 1.165) is 5.56 Å². The van der Waals surface area contributed by atoms with Crippen LogP contribution in [-0.4, -0.2) is 43.3 Å². The largest absolute Gasteiger partial charge is 0.321 e. The minimum atomic E-state index is -3.63. The maximum atomic E-state index is 12.8. The normalized spacial score (nSPS) is 15.4. The highest BCUT2D eigenvalue weighted by Crippen LogP contribution is 2.25. The van der Waals surface area contributed by atoms with E-state index in [0.29, 0.717) is 38.5 Å². The van der Waals surface area contributed by atoms with Crippen LogP contribution in [0.3, 0.4) is 0 Å². The number of benzene rings is 2. The second-order valence-electron chi connectivity index (χ2n) is 8.44. The van der Waals surface area contributed by atoms with Crippen LogP contribution in [0.5, 0.6) is 0 Å². The topological polar surface area (TPSA) is 108 Å². The van der Waals surface area contributed by atoms with E-state index in [1.54, 1.807) is 55.5 Å². The summed E-state index contributed by atoms with van der Waals surface area (Å²) in [5.74, 6) is -0.827. The van der Waals surface area contributed by atoms with Gasteiger partial charge in [0.15, 0.2) is 0 Å². The van der Waals surface area contributed by atoms with Gasteiger partial charge in [-0.2, -0.15) is 9.41 Å². The molecular weight excluding hydrogens is 555 g/mol. The van der Waals surface area contributed by atoms with Crippen LogP contribution in [0, 0.1) is 5.92 Å². The summed E-state index contributed by atoms with van der Waals surface area (Å²) in [6, 6.07) is 16.5. The maximum Gasteiger partial charge on any atom is 0.265 e. The third kappa shape index (κ3) is 6.77. The van der Waals surface area contributed by atoms with Crippen molar-refractivity contribution in [3.8, 4) is 0 Å². The molecule has 2 N–H and O–H groups in total. The molecule has 0 saturated carbocycles. The van der Waals surface area contributed by atoms with Gasteiger partial charge in [0.2, 0.25) is 15.9 Å². The summed E-state index contributed by atoms with van der Waals surface area (Å²) >= 11 is 12.9. The van der Waals surface area contributed by atoms with Crippen LogP contribution in [0.2, 0.25) is 9.36 Å². The van der Waals surface area contributed by atoms with Gasteiger partial charge in [-0.25, -0.2) is 13.8 Å². The summed E-state index contributed by atoms with van der Waals surface area (Å²) in [6.45, 7) is 2.26. The average Bonchev–Trinajstić information content (AvgIpc) is 3.34. The first-order chi connectivity index (χ1) is 17.6. The lowest BCUT2D eigenvalue weighted by atomic mass is 9.98. The molecule has 1 aromatic heterocycles. The molecule has 194 valence electrons. The molecule has 0 atom stereocenters. The summed E-state index contributed by atoms with van der Waals surface area (Å²) in [4.78, 5) is 25.6. The van der Waals surface area contributed by atoms with Crippen molar-refractivity contribution in [3.63, 3.8) is 0 Å². The predicted molar refractivity (Wildman–Crippen MR) is 147 cm³/mol. The van der Waals surface area contributed by atoms with E-state index in [4.69, 9.17) is 23.2 Å². The summed E-state index contributed by atoms with van der Waals surface area (Å²) in [6.07, 6.45) is 0.800. The number of nitrogens with one attached hydrogen (secondary N) is 2. The molecule has 12 heteroatoms. The highest BCUT2D eigenvalue weighted by molar-refractivity contribution is 7.89. The summed E-state index contributed by atoms with van der Waals surface area (Å²) in [5.41, 5.74) is 4.59. The number of hydrogen-bond donors (Lipinski definition) is 2. The standard InChI is InChI=1S/C25H24Cl2N4O4S2/c1-16(17-2-6-20(7-3-17)28-25(33)22-10-11-23(27)36-22)29-30-24(32)18-12-14-31(15-13-18)37(34,35)21-8-4-19(26)5-9-21/h2-11,18H,12-15H2,1H3,(H,28,33)(H,30,32). The highest BCUT2D eigenvalue weighted by Gasteiger charge is 2.32. The minimum Gasteiger partial charge on any atom is -0.321 e. The Hall–Kier alpha value is -2.76. The van der Waals surface area contributed by atoms with Gasteiger partial charge in [-0.05, 0) is 73.9 Å². The number of nitrogens with zero attached hydrogens (tertiary/aromatic N) is 2. The number of carbonyl (C=O) groups is 2. The van der Waals surface area contributed by atoms with Crippen molar-refractivity contribution >= 4 is 67.8 Å². The first kappa shape index (κ1) is 27.3. The van der Waals surface area contributed by atoms with E-state index in [1.807, 2.05) is 0 Å². The smallest absolute Gasteiger partial charge is 0.265 e. The van der Waals surface area contributed by atoms with E-state index in [-0.39, 0.29) is 35.7 Å². The molecule has 1 aliphatic rings. The fourth-order valence-electron chi connectivity index (χ4n) is 3.83. The zero-order valence-corrected chi connectivity index (χ0v) is 22.9. The highest BCUT2D eigenvalue weighted by atomic mass is 35.5. The first-order valence-corrected chi connectivity index (χ1v) is 14.4. The molecule has 0 radical (unpaired) electrons. The number of hydrogen-bond acceptors (Lipinski definition) is 6. The second kappa shape index (κ2) is 11.7. The summed E-state index contributed by atoms with van der Waals surface area (Å²) < 4.78 is 27.6. The Labute approximate surface area is 229 Å². The number of rotatable bonds is 7. The molecule has 8 nitrogen and oxygen atoms in total. The lowest BCUT2D eigenvalue weighted by molar-refractivity contribution is -0.126.